The highest BCUT2D eigenvalue weighted by molar-refractivity contribution is 9.10. The zero-order valence-corrected chi connectivity index (χ0v) is 15.0. The Morgan fingerprint density at radius 1 is 1.33 bits per heavy atom. The summed E-state index contributed by atoms with van der Waals surface area (Å²) in [5.41, 5.74) is 7.42. The molecule has 2 N–H and O–H groups in total. The fraction of sp³-hybridized carbons (Fsp3) is 0.286. The number of nitrogens with zero attached hydrogens (tertiary/aromatic N) is 3. The van der Waals surface area contributed by atoms with Crippen LogP contribution < -0.4 is 5.73 Å². The van der Waals surface area contributed by atoms with Crippen molar-refractivity contribution in [3.63, 3.8) is 0 Å². The monoisotopic (exact) mass is 414 g/mol. The fourth-order valence-corrected chi connectivity index (χ4v) is 2.92. The summed E-state index contributed by atoms with van der Waals surface area (Å²) in [6.45, 7) is 1.44. The number of aromatic nitrogens is 2. The van der Waals surface area contributed by atoms with Crippen molar-refractivity contribution in [1.29, 1.82) is 0 Å². The minimum Gasteiger partial charge on any atom is -0.399 e. The molecule has 5 nitrogen and oxygen atoms in total. The van der Waals surface area contributed by atoms with Crippen LogP contribution in [0.1, 0.15) is 16.1 Å². The summed E-state index contributed by atoms with van der Waals surface area (Å²) < 4.78 is 3.18. The standard InChI is InChI=1S/C14H16Br2N4O/c1-19(2)3-4-20-13(12(16)8-18-20)14(21)9-5-10(15)7-11(17)6-9/h5-8H,3-4,17H2,1-2H3. The molecule has 112 valence electrons. The van der Waals surface area contributed by atoms with Crippen LogP contribution in [-0.4, -0.2) is 41.1 Å². The highest BCUT2D eigenvalue weighted by atomic mass is 79.9. The quantitative estimate of drug-likeness (QED) is 0.602. The number of carbonyl (C=O) groups excluding carboxylic acids is 1. The summed E-state index contributed by atoms with van der Waals surface area (Å²) in [7, 11) is 3.96. The van der Waals surface area contributed by atoms with Crippen LogP contribution in [0.2, 0.25) is 0 Å². The second-order valence-corrected chi connectivity index (χ2v) is 6.74. The van der Waals surface area contributed by atoms with E-state index in [-0.39, 0.29) is 5.78 Å². The smallest absolute Gasteiger partial charge is 0.212 e. The number of hydrogen-bond donors (Lipinski definition) is 1. The first-order chi connectivity index (χ1) is 9.88. The lowest BCUT2D eigenvalue weighted by Gasteiger charge is -2.12. The first-order valence-electron chi connectivity index (χ1n) is 6.35. The Morgan fingerprint density at radius 2 is 2.05 bits per heavy atom. The Morgan fingerprint density at radius 3 is 2.67 bits per heavy atom. The van der Waals surface area contributed by atoms with Crippen LogP contribution in [0, 0.1) is 0 Å². The Bertz CT molecular complexity index is 647. The fourth-order valence-electron chi connectivity index (χ4n) is 1.93. The number of likely N-dealkylation sites (N-methyl/N-ethyl adjacent to an activating group) is 1. The number of benzene rings is 1. The van der Waals surface area contributed by atoms with Gasteiger partial charge in [0.1, 0.15) is 5.69 Å². The summed E-state index contributed by atoms with van der Waals surface area (Å²) in [5, 5.41) is 4.26. The molecule has 0 aliphatic carbocycles. The molecule has 0 saturated carbocycles. The first kappa shape index (κ1) is 16.2. The van der Waals surface area contributed by atoms with Gasteiger partial charge in [0.25, 0.3) is 0 Å². The highest BCUT2D eigenvalue weighted by Crippen LogP contribution is 2.23. The van der Waals surface area contributed by atoms with Crippen LogP contribution in [0.5, 0.6) is 0 Å². The average Bonchev–Trinajstić information content (AvgIpc) is 2.75. The minimum atomic E-state index is -0.105. The zero-order chi connectivity index (χ0) is 15.6. The van der Waals surface area contributed by atoms with Gasteiger partial charge in [0, 0.05) is 22.3 Å². The normalized spacial score (nSPS) is 11.1. The number of hydrogen-bond acceptors (Lipinski definition) is 4. The lowest BCUT2D eigenvalue weighted by molar-refractivity contribution is 0.102. The second kappa shape index (κ2) is 6.72. The van der Waals surface area contributed by atoms with Crippen molar-refractivity contribution in [2.45, 2.75) is 6.54 Å². The van der Waals surface area contributed by atoms with E-state index >= 15 is 0 Å². The van der Waals surface area contributed by atoms with Crippen LogP contribution in [0.15, 0.2) is 33.3 Å². The number of nitrogen functional groups attached to an aromatic ring is 1. The molecule has 0 aliphatic rings. The van der Waals surface area contributed by atoms with Crippen LogP contribution in [-0.2, 0) is 6.54 Å². The number of carbonyl (C=O) groups is 1. The predicted molar refractivity (Wildman–Crippen MR) is 90.5 cm³/mol. The number of nitrogens with two attached hydrogens (primary N) is 1. The third kappa shape index (κ3) is 3.93. The molecule has 0 fully saturated rings. The van der Waals surface area contributed by atoms with Gasteiger partial charge in [-0.2, -0.15) is 5.10 Å². The van der Waals surface area contributed by atoms with Gasteiger partial charge >= 0.3 is 0 Å². The van der Waals surface area contributed by atoms with Crippen molar-refractivity contribution in [1.82, 2.24) is 14.7 Å². The van der Waals surface area contributed by atoms with E-state index in [1.54, 1.807) is 29.1 Å². The Kier molecular flexibility index (Phi) is 5.18. The van der Waals surface area contributed by atoms with E-state index in [2.05, 4.69) is 37.0 Å². The molecule has 1 aromatic heterocycles. The maximum atomic E-state index is 12.7. The molecular weight excluding hydrogens is 400 g/mol. The molecule has 2 aromatic rings. The third-order valence-electron chi connectivity index (χ3n) is 2.95. The third-order valence-corrected chi connectivity index (χ3v) is 3.99. The maximum absolute atomic E-state index is 12.7. The number of ketones is 1. The van der Waals surface area contributed by atoms with Gasteiger partial charge in [-0.1, -0.05) is 15.9 Å². The topological polar surface area (TPSA) is 64.2 Å². The van der Waals surface area contributed by atoms with Gasteiger partial charge in [0.2, 0.25) is 5.78 Å². The molecule has 0 atom stereocenters. The summed E-state index contributed by atoms with van der Waals surface area (Å²) >= 11 is 6.76. The number of anilines is 1. The molecule has 0 radical (unpaired) electrons. The number of halogens is 2. The van der Waals surface area contributed by atoms with E-state index in [1.807, 2.05) is 19.0 Å². The van der Waals surface area contributed by atoms with E-state index < -0.39 is 0 Å². The number of rotatable bonds is 5. The van der Waals surface area contributed by atoms with Crippen molar-refractivity contribution < 1.29 is 4.79 Å². The molecule has 2 rings (SSSR count). The maximum Gasteiger partial charge on any atom is 0.212 e. The minimum absolute atomic E-state index is 0.105. The molecule has 0 saturated heterocycles. The largest absolute Gasteiger partial charge is 0.399 e. The van der Waals surface area contributed by atoms with Crippen molar-refractivity contribution in [2.24, 2.45) is 0 Å². The predicted octanol–water partition coefficient (Wildman–Crippen LogP) is 2.78. The van der Waals surface area contributed by atoms with E-state index in [9.17, 15) is 4.79 Å². The summed E-state index contributed by atoms with van der Waals surface area (Å²) in [5.74, 6) is -0.105. The lowest BCUT2D eigenvalue weighted by Crippen LogP contribution is -2.21. The van der Waals surface area contributed by atoms with Crippen LogP contribution >= 0.6 is 31.9 Å². The summed E-state index contributed by atoms with van der Waals surface area (Å²) in [6.07, 6.45) is 1.64. The van der Waals surface area contributed by atoms with Gasteiger partial charge in [-0.3, -0.25) is 9.48 Å². The molecule has 21 heavy (non-hydrogen) atoms. The lowest BCUT2D eigenvalue weighted by atomic mass is 10.1. The van der Waals surface area contributed by atoms with Gasteiger partial charge in [-0.15, -0.1) is 0 Å². The Labute approximate surface area is 140 Å². The molecule has 0 bridgehead atoms. The van der Waals surface area contributed by atoms with Crippen LogP contribution in [0.25, 0.3) is 0 Å². The van der Waals surface area contributed by atoms with Crippen molar-refractivity contribution >= 4 is 43.3 Å². The molecule has 0 spiro atoms. The molecular formula is C14H16Br2N4O. The highest BCUT2D eigenvalue weighted by Gasteiger charge is 2.19. The van der Waals surface area contributed by atoms with E-state index in [4.69, 9.17) is 5.73 Å². The van der Waals surface area contributed by atoms with Gasteiger partial charge in [-0.05, 0) is 48.2 Å². The zero-order valence-electron chi connectivity index (χ0n) is 11.8. The van der Waals surface area contributed by atoms with Gasteiger partial charge in [-0.25, -0.2) is 0 Å². The first-order valence-corrected chi connectivity index (χ1v) is 7.94. The van der Waals surface area contributed by atoms with Gasteiger partial charge < -0.3 is 10.6 Å². The van der Waals surface area contributed by atoms with E-state index in [0.29, 0.717) is 28.0 Å². The molecule has 7 heteroatoms. The van der Waals surface area contributed by atoms with E-state index in [1.165, 1.54) is 0 Å². The molecule has 0 unspecified atom stereocenters. The Balaban J connectivity index is 2.36. The second-order valence-electron chi connectivity index (χ2n) is 4.97. The summed E-state index contributed by atoms with van der Waals surface area (Å²) in [4.78, 5) is 14.8. The van der Waals surface area contributed by atoms with Gasteiger partial charge in [0.05, 0.1) is 17.2 Å². The molecule has 0 amide bonds. The van der Waals surface area contributed by atoms with Crippen LogP contribution in [0.3, 0.4) is 0 Å². The van der Waals surface area contributed by atoms with E-state index in [0.717, 1.165) is 11.0 Å². The molecule has 0 aliphatic heterocycles. The van der Waals surface area contributed by atoms with Crippen LogP contribution in [0.4, 0.5) is 5.69 Å². The Hall–Kier alpha value is -1.18. The van der Waals surface area contributed by atoms with Gasteiger partial charge in [0.15, 0.2) is 0 Å². The molecule has 1 aromatic carbocycles. The van der Waals surface area contributed by atoms with Crippen molar-refractivity contribution in [3.05, 3.63) is 44.6 Å². The summed E-state index contributed by atoms with van der Waals surface area (Å²) in [6, 6.07) is 5.19. The average molecular weight is 416 g/mol. The van der Waals surface area contributed by atoms with Crippen molar-refractivity contribution in [2.75, 3.05) is 26.4 Å². The van der Waals surface area contributed by atoms with Crippen molar-refractivity contribution in [3.8, 4) is 0 Å². The molecule has 1 heterocycles. The SMILES string of the molecule is CN(C)CCn1ncc(Br)c1C(=O)c1cc(N)cc(Br)c1.